The second-order valence-corrected chi connectivity index (χ2v) is 10.1. The smallest absolute Gasteiger partial charge is 0.191 e. The summed E-state index contributed by atoms with van der Waals surface area (Å²) in [4.78, 5) is 4.36. The standard InChI is InChI=1S/C17H27BrFN3O2S.HI/c1-5-20-16(22-12-17(2,3)25(4,23)24)21-10-6-7-13-8-9-14(18)11-15(13)19;/h8-9,11H,5-7,10,12H2,1-4H3,(H2,20,21,22);1H. The number of hydrogen-bond donors (Lipinski definition) is 2. The van der Waals surface area contributed by atoms with Crippen LogP contribution < -0.4 is 10.6 Å². The molecule has 0 bridgehead atoms. The summed E-state index contributed by atoms with van der Waals surface area (Å²) in [6.07, 6.45) is 2.56. The minimum atomic E-state index is -3.19. The summed E-state index contributed by atoms with van der Waals surface area (Å²) >= 11 is 3.24. The van der Waals surface area contributed by atoms with Crippen molar-refractivity contribution >= 4 is 55.7 Å². The van der Waals surface area contributed by atoms with Crippen LogP contribution in [-0.2, 0) is 16.3 Å². The van der Waals surface area contributed by atoms with Gasteiger partial charge in [0.25, 0.3) is 0 Å². The summed E-state index contributed by atoms with van der Waals surface area (Å²) in [5.41, 5.74) is 0.671. The number of guanidine groups is 1. The van der Waals surface area contributed by atoms with Crippen LogP contribution in [0.25, 0.3) is 0 Å². The van der Waals surface area contributed by atoms with Gasteiger partial charge in [0.05, 0.1) is 11.3 Å². The van der Waals surface area contributed by atoms with E-state index in [1.54, 1.807) is 19.9 Å². The van der Waals surface area contributed by atoms with Crippen LogP contribution >= 0.6 is 39.9 Å². The molecule has 0 fully saturated rings. The molecule has 0 amide bonds. The van der Waals surface area contributed by atoms with Crippen LogP contribution in [0.5, 0.6) is 0 Å². The molecule has 0 saturated heterocycles. The molecule has 2 N–H and O–H groups in total. The van der Waals surface area contributed by atoms with Crippen molar-refractivity contribution in [2.24, 2.45) is 4.99 Å². The molecule has 0 saturated carbocycles. The number of nitrogens with one attached hydrogen (secondary N) is 2. The molecule has 1 aromatic carbocycles. The number of sulfone groups is 1. The molecule has 0 aliphatic carbocycles. The van der Waals surface area contributed by atoms with Crippen molar-refractivity contribution in [1.29, 1.82) is 0 Å². The van der Waals surface area contributed by atoms with E-state index in [1.165, 1.54) is 12.3 Å². The van der Waals surface area contributed by atoms with Crippen LogP contribution in [0.3, 0.4) is 0 Å². The molecule has 1 aromatic rings. The molecule has 5 nitrogen and oxygen atoms in total. The maximum atomic E-state index is 13.8. The SMILES string of the molecule is CCNC(=NCC(C)(C)S(C)(=O)=O)NCCCc1ccc(Br)cc1F.I. The Morgan fingerprint density at radius 2 is 1.96 bits per heavy atom. The highest BCUT2D eigenvalue weighted by molar-refractivity contribution is 14.0. The topological polar surface area (TPSA) is 70.6 Å². The minimum Gasteiger partial charge on any atom is -0.357 e. The normalized spacial score (nSPS) is 12.5. The van der Waals surface area contributed by atoms with E-state index < -0.39 is 14.6 Å². The van der Waals surface area contributed by atoms with Crippen LogP contribution in [0.4, 0.5) is 4.39 Å². The Hall–Kier alpha value is -0.420. The van der Waals surface area contributed by atoms with Gasteiger partial charge in [0, 0.05) is 23.8 Å². The molecule has 9 heteroatoms. The highest BCUT2D eigenvalue weighted by Crippen LogP contribution is 2.16. The molecule has 0 unspecified atom stereocenters. The zero-order chi connectivity index (χ0) is 19.1. The van der Waals surface area contributed by atoms with Gasteiger partial charge in [-0.05, 0) is 51.3 Å². The van der Waals surface area contributed by atoms with Crippen molar-refractivity contribution in [2.45, 2.75) is 38.4 Å². The zero-order valence-electron chi connectivity index (χ0n) is 15.6. The maximum absolute atomic E-state index is 13.8. The van der Waals surface area contributed by atoms with Gasteiger partial charge >= 0.3 is 0 Å². The third-order valence-corrected chi connectivity index (χ3v) is 6.53. The van der Waals surface area contributed by atoms with Crippen molar-refractivity contribution in [1.82, 2.24) is 10.6 Å². The van der Waals surface area contributed by atoms with E-state index in [0.717, 1.165) is 10.9 Å². The predicted molar refractivity (Wildman–Crippen MR) is 121 cm³/mol. The lowest BCUT2D eigenvalue weighted by molar-refractivity contribution is 0.554. The average Bonchev–Trinajstić information content (AvgIpc) is 2.49. The van der Waals surface area contributed by atoms with Gasteiger partial charge in [-0.25, -0.2) is 12.8 Å². The van der Waals surface area contributed by atoms with Gasteiger partial charge in [0.2, 0.25) is 0 Å². The number of aryl methyl sites for hydroxylation is 1. The van der Waals surface area contributed by atoms with Crippen LogP contribution in [0.1, 0.15) is 32.8 Å². The number of hydrogen-bond acceptors (Lipinski definition) is 3. The van der Waals surface area contributed by atoms with Gasteiger partial charge < -0.3 is 10.6 Å². The Morgan fingerprint density at radius 3 is 2.50 bits per heavy atom. The van der Waals surface area contributed by atoms with Gasteiger partial charge in [-0.1, -0.05) is 22.0 Å². The number of aliphatic imine (C=N–C) groups is 1. The van der Waals surface area contributed by atoms with Crippen LogP contribution in [0, 0.1) is 5.82 Å². The van der Waals surface area contributed by atoms with Gasteiger partial charge in [0.1, 0.15) is 5.82 Å². The van der Waals surface area contributed by atoms with Gasteiger partial charge in [-0.2, -0.15) is 0 Å². The Labute approximate surface area is 181 Å². The van der Waals surface area contributed by atoms with E-state index in [0.29, 0.717) is 31.0 Å². The molecule has 0 spiro atoms. The Bertz CT molecular complexity index is 712. The van der Waals surface area contributed by atoms with E-state index >= 15 is 0 Å². The number of nitrogens with zero attached hydrogens (tertiary/aromatic N) is 1. The molecule has 0 aliphatic heterocycles. The Kier molecular flexibility index (Phi) is 11.2. The lowest BCUT2D eigenvalue weighted by Gasteiger charge is -2.21. The van der Waals surface area contributed by atoms with Crippen molar-refractivity contribution < 1.29 is 12.8 Å². The number of halogens is 3. The average molecular weight is 564 g/mol. The van der Waals surface area contributed by atoms with E-state index in [4.69, 9.17) is 0 Å². The van der Waals surface area contributed by atoms with E-state index in [-0.39, 0.29) is 36.3 Å². The van der Waals surface area contributed by atoms with Crippen LogP contribution in [0.2, 0.25) is 0 Å². The fourth-order valence-corrected chi connectivity index (χ4v) is 2.57. The zero-order valence-corrected chi connectivity index (χ0v) is 20.3. The Morgan fingerprint density at radius 1 is 1.31 bits per heavy atom. The lowest BCUT2D eigenvalue weighted by atomic mass is 10.1. The second-order valence-electron chi connectivity index (χ2n) is 6.49. The molecule has 1 rings (SSSR count). The first-order valence-corrected chi connectivity index (χ1v) is 10.9. The third kappa shape index (κ3) is 8.51. The summed E-state index contributed by atoms with van der Waals surface area (Å²) < 4.78 is 37.1. The molecule has 0 radical (unpaired) electrons. The number of rotatable bonds is 8. The van der Waals surface area contributed by atoms with Crippen molar-refractivity contribution in [3.63, 3.8) is 0 Å². The molecule has 0 heterocycles. The van der Waals surface area contributed by atoms with Gasteiger partial charge in [-0.3, -0.25) is 4.99 Å². The molecule has 0 aliphatic rings. The first kappa shape index (κ1) is 25.6. The predicted octanol–water partition coefficient (Wildman–Crippen LogP) is 3.52. The fraction of sp³-hybridized carbons (Fsp3) is 0.588. The second kappa shape index (κ2) is 11.4. The first-order valence-electron chi connectivity index (χ1n) is 8.22. The van der Waals surface area contributed by atoms with E-state index in [2.05, 4.69) is 31.6 Å². The molecule has 150 valence electrons. The molecule has 0 aromatic heterocycles. The van der Waals surface area contributed by atoms with Gasteiger partial charge in [0.15, 0.2) is 15.8 Å². The summed E-state index contributed by atoms with van der Waals surface area (Å²) in [6, 6.07) is 5.06. The van der Waals surface area contributed by atoms with Crippen LogP contribution in [-0.4, -0.2) is 45.0 Å². The molecular weight excluding hydrogens is 536 g/mol. The monoisotopic (exact) mass is 563 g/mol. The molecule has 0 atom stereocenters. The minimum absolute atomic E-state index is 0. The first-order chi connectivity index (χ1) is 11.6. The molecular formula is C17H28BrFIN3O2S. The Balaban J connectivity index is 0.00000625. The summed E-state index contributed by atoms with van der Waals surface area (Å²) in [5, 5.41) is 6.25. The maximum Gasteiger partial charge on any atom is 0.191 e. The van der Waals surface area contributed by atoms with Crippen molar-refractivity contribution in [3.8, 4) is 0 Å². The van der Waals surface area contributed by atoms with E-state index in [1.807, 2.05) is 13.0 Å². The van der Waals surface area contributed by atoms with Crippen molar-refractivity contribution in [2.75, 3.05) is 25.9 Å². The number of benzene rings is 1. The lowest BCUT2D eigenvalue weighted by Crippen LogP contribution is -2.41. The highest BCUT2D eigenvalue weighted by atomic mass is 127. The van der Waals surface area contributed by atoms with Crippen LogP contribution in [0.15, 0.2) is 27.7 Å². The van der Waals surface area contributed by atoms with Gasteiger partial charge in [-0.15, -0.1) is 24.0 Å². The fourth-order valence-electron chi connectivity index (χ4n) is 1.94. The summed E-state index contributed by atoms with van der Waals surface area (Å²) in [5.74, 6) is 0.348. The van der Waals surface area contributed by atoms with Crippen molar-refractivity contribution in [3.05, 3.63) is 34.1 Å². The summed E-state index contributed by atoms with van der Waals surface area (Å²) in [7, 11) is -3.19. The largest absolute Gasteiger partial charge is 0.357 e. The highest BCUT2D eigenvalue weighted by Gasteiger charge is 2.29. The molecule has 26 heavy (non-hydrogen) atoms. The van der Waals surface area contributed by atoms with E-state index in [9.17, 15) is 12.8 Å². The quantitative estimate of drug-likeness (QED) is 0.220. The third-order valence-electron chi connectivity index (χ3n) is 3.90. The summed E-state index contributed by atoms with van der Waals surface area (Å²) in [6.45, 7) is 6.71.